The molecule has 1 saturated heterocycles. The van der Waals surface area contributed by atoms with Gasteiger partial charge in [-0.05, 0) is 48.7 Å². The van der Waals surface area contributed by atoms with Crippen molar-refractivity contribution in [2.75, 3.05) is 23.3 Å². The number of para-hydroxylation sites is 1. The van der Waals surface area contributed by atoms with Crippen LogP contribution in [0.25, 0.3) is 6.08 Å². The van der Waals surface area contributed by atoms with Gasteiger partial charge in [-0.3, -0.25) is 4.79 Å². The molecule has 0 saturated carbocycles. The quantitative estimate of drug-likeness (QED) is 0.813. The van der Waals surface area contributed by atoms with Gasteiger partial charge in [0.2, 0.25) is 5.91 Å². The highest BCUT2D eigenvalue weighted by molar-refractivity contribution is 6.30. The van der Waals surface area contributed by atoms with E-state index in [0.29, 0.717) is 5.02 Å². The summed E-state index contributed by atoms with van der Waals surface area (Å²) in [4.78, 5) is 14.3. The average molecular weight is 345 g/mol. The van der Waals surface area contributed by atoms with Crippen LogP contribution in [-0.2, 0) is 4.79 Å². The predicted molar refractivity (Wildman–Crippen MR) is 97.0 cm³/mol. The van der Waals surface area contributed by atoms with E-state index in [4.69, 9.17) is 11.6 Å². The molecule has 0 bridgehead atoms. The van der Waals surface area contributed by atoms with Gasteiger partial charge in [0.1, 0.15) is 11.5 Å². The molecule has 124 valence electrons. The molecule has 0 unspecified atom stereocenters. The minimum Gasteiger partial charge on any atom is -0.370 e. The molecule has 0 atom stereocenters. The van der Waals surface area contributed by atoms with Crippen molar-refractivity contribution in [2.45, 2.75) is 12.8 Å². The number of hydrogen-bond donors (Lipinski definition) is 1. The largest absolute Gasteiger partial charge is 0.370 e. The zero-order valence-corrected chi connectivity index (χ0v) is 13.9. The first-order valence-electron chi connectivity index (χ1n) is 7.91. The first kappa shape index (κ1) is 16.5. The van der Waals surface area contributed by atoms with Crippen molar-refractivity contribution >= 4 is 35.0 Å². The number of amides is 1. The molecular formula is C19H18ClFN2O. The SMILES string of the molecule is O=C(/C=C/c1cccc(Cl)c1)Nc1c(F)cccc1N1CCCC1. The van der Waals surface area contributed by atoms with E-state index in [1.807, 2.05) is 18.2 Å². The zero-order valence-electron chi connectivity index (χ0n) is 13.1. The lowest BCUT2D eigenvalue weighted by molar-refractivity contribution is -0.111. The molecule has 3 rings (SSSR count). The van der Waals surface area contributed by atoms with Gasteiger partial charge in [-0.2, -0.15) is 0 Å². The molecule has 0 spiro atoms. The van der Waals surface area contributed by atoms with Gasteiger partial charge < -0.3 is 10.2 Å². The van der Waals surface area contributed by atoms with Crippen LogP contribution in [0.3, 0.4) is 0 Å². The van der Waals surface area contributed by atoms with Gasteiger partial charge in [-0.25, -0.2) is 4.39 Å². The topological polar surface area (TPSA) is 32.3 Å². The Kier molecular flexibility index (Phi) is 5.16. The number of carbonyl (C=O) groups excluding carboxylic acids is 1. The number of rotatable bonds is 4. The Labute approximate surface area is 145 Å². The van der Waals surface area contributed by atoms with Gasteiger partial charge in [0.15, 0.2) is 0 Å². The Bertz CT molecular complexity index is 770. The smallest absolute Gasteiger partial charge is 0.248 e. The fraction of sp³-hybridized carbons (Fsp3) is 0.211. The summed E-state index contributed by atoms with van der Waals surface area (Å²) in [7, 11) is 0. The molecule has 1 heterocycles. The maximum atomic E-state index is 14.2. The van der Waals surface area contributed by atoms with Crippen molar-refractivity contribution in [2.24, 2.45) is 0 Å². The maximum absolute atomic E-state index is 14.2. The number of nitrogens with one attached hydrogen (secondary N) is 1. The first-order chi connectivity index (χ1) is 11.6. The molecule has 24 heavy (non-hydrogen) atoms. The van der Waals surface area contributed by atoms with Crippen molar-refractivity contribution in [3.05, 3.63) is 64.9 Å². The van der Waals surface area contributed by atoms with Crippen LogP contribution in [0.4, 0.5) is 15.8 Å². The van der Waals surface area contributed by atoms with E-state index in [1.165, 1.54) is 12.1 Å². The van der Waals surface area contributed by atoms with Gasteiger partial charge >= 0.3 is 0 Å². The molecule has 0 aromatic heterocycles. The molecule has 3 nitrogen and oxygen atoms in total. The van der Waals surface area contributed by atoms with E-state index in [1.54, 1.807) is 24.3 Å². The second-order valence-corrected chi connectivity index (χ2v) is 6.14. The van der Waals surface area contributed by atoms with Gasteiger partial charge in [-0.15, -0.1) is 0 Å². The monoisotopic (exact) mass is 344 g/mol. The number of nitrogens with zero attached hydrogens (tertiary/aromatic N) is 1. The van der Waals surface area contributed by atoms with Crippen LogP contribution >= 0.6 is 11.6 Å². The van der Waals surface area contributed by atoms with Crippen LogP contribution in [0.5, 0.6) is 0 Å². The fourth-order valence-corrected chi connectivity index (χ4v) is 3.00. The molecule has 1 aliphatic rings. The molecular weight excluding hydrogens is 327 g/mol. The Hall–Kier alpha value is -2.33. The number of anilines is 2. The van der Waals surface area contributed by atoms with Crippen LogP contribution in [-0.4, -0.2) is 19.0 Å². The van der Waals surface area contributed by atoms with Crippen LogP contribution in [0.2, 0.25) is 5.02 Å². The van der Waals surface area contributed by atoms with Gasteiger partial charge in [0.25, 0.3) is 0 Å². The van der Waals surface area contributed by atoms with Crippen molar-refractivity contribution in [3.8, 4) is 0 Å². The van der Waals surface area contributed by atoms with Crippen molar-refractivity contribution < 1.29 is 9.18 Å². The van der Waals surface area contributed by atoms with E-state index >= 15 is 0 Å². The number of carbonyl (C=O) groups is 1. The summed E-state index contributed by atoms with van der Waals surface area (Å²) in [6.07, 6.45) is 5.20. The Morgan fingerprint density at radius 1 is 1.17 bits per heavy atom. The van der Waals surface area contributed by atoms with Crippen molar-refractivity contribution in [1.29, 1.82) is 0 Å². The standard InChI is InChI=1S/C19H18ClFN2O/c20-15-6-3-5-14(13-15)9-10-18(24)22-19-16(21)7-4-8-17(19)23-11-1-2-12-23/h3-10,13H,1-2,11-12H2,(H,22,24)/b10-9+. The lowest BCUT2D eigenvalue weighted by Gasteiger charge is -2.21. The lowest BCUT2D eigenvalue weighted by atomic mass is 10.2. The van der Waals surface area contributed by atoms with Gasteiger partial charge in [0.05, 0.1) is 5.69 Å². The van der Waals surface area contributed by atoms with E-state index in [2.05, 4.69) is 10.2 Å². The third-order valence-corrected chi connectivity index (χ3v) is 4.20. The third-order valence-electron chi connectivity index (χ3n) is 3.96. The summed E-state index contributed by atoms with van der Waals surface area (Å²) < 4.78 is 14.2. The molecule has 1 amide bonds. The highest BCUT2D eigenvalue weighted by atomic mass is 35.5. The molecule has 1 aliphatic heterocycles. The van der Waals surface area contributed by atoms with Crippen LogP contribution in [0.1, 0.15) is 18.4 Å². The normalized spacial score (nSPS) is 14.3. The van der Waals surface area contributed by atoms with E-state index in [-0.39, 0.29) is 11.6 Å². The Morgan fingerprint density at radius 2 is 1.92 bits per heavy atom. The van der Waals surface area contributed by atoms with E-state index in [0.717, 1.165) is 37.2 Å². The first-order valence-corrected chi connectivity index (χ1v) is 8.29. The molecule has 2 aromatic carbocycles. The summed E-state index contributed by atoms with van der Waals surface area (Å²) in [5, 5.41) is 3.27. The fourth-order valence-electron chi connectivity index (χ4n) is 2.81. The zero-order chi connectivity index (χ0) is 16.9. The number of hydrogen-bond acceptors (Lipinski definition) is 2. The number of halogens is 2. The second kappa shape index (κ2) is 7.49. The Balaban J connectivity index is 1.76. The summed E-state index contributed by atoms with van der Waals surface area (Å²) in [5.41, 5.74) is 1.78. The highest BCUT2D eigenvalue weighted by Gasteiger charge is 2.18. The molecule has 2 aromatic rings. The summed E-state index contributed by atoms with van der Waals surface area (Å²) in [6, 6.07) is 12.0. The predicted octanol–water partition coefficient (Wildman–Crippen LogP) is 4.73. The maximum Gasteiger partial charge on any atom is 0.248 e. The third kappa shape index (κ3) is 3.95. The van der Waals surface area contributed by atoms with Crippen LogP contribution in [0, 0.1) is 5.82 Å². The second-order valence-electron chi connectivity index (χ2n) is 5.71. The molecule has 0 radical (unpaired) electrons. The lowest BCUT2D eigenvalue weighted by Crippen LogP contribution is -2.21. The molecule has 0 aliphatic carbocycles. The van der Waals surface area contributed by atoms with Crippen molar-refractivity contribution in [1.82, 2.24) is 0 Å². The van der Waals surface area contributed by atoms with Crippen molar-refractivity contribution in [3.63, 3.8) is 0 Å². The highest BCUT2D eigenvalue weighted by Crippen LogP contribution is 2.31. The molecule has 5 heteroatoms. The summed E-state index contributed by atoms with van der Waals surface area (Å²) in [6.45, 7) is 1.76. The van der Waals surface area contributed by atoms with E-state index < -0.39 is 5.82 Å². The van der Waals surface area contributed by atoms with Gasteiger partial charge in [0, 0.05) is 24.2 Å². The van der Waals surface area contributed by atoms with Crippen LogP contribution in [0.15, 0.2) is 48.5 Å². The average Bonchev–Trinajstić information content (AvgIpc) is 3.09. The van der Waals surface area contributed by atoms with E-state index in [9.17, 15) is 9.18 Å². The minimum atomic E-state index is -0.427. The Morgan fingerprint density at radius 3 is 2.67 bits per heavy atom. The van der Waals surface area contributed by atoms with Crippen LogP contribution < -0.4 is 10.2 Å². The molecule has 1 N–H and O–H groups in total. The van der Waals surface area contributed by atoms with Gasteiger partial charge in [-0.1, -0.05) is 29.8 Å². The summed E-state index contributed by atoms with van der Waals surface area (Å²) >= 11 is 5.91. The number of benzene rings is 2. The molecule has 1 fully saturated rings. The summed E-state index contributed by atoms with van der Waals surface area (Å²) in [5.74, 6) is -0.801. The minimum absolute atomic E-state index is 0.236.